The Morgan fingerprint density at radius 2 is 0.802 bits per heavy atom. The third-order valence-corrected chi connectivity index (χ3v) is 16.3. The van der Waals surface area contributed by atoms with E-state index < -0.39 is 86.8 Å². The van der Waals surface area contributed by atoms with Gasteiger partial charge in [-0.25, -0.2) is 0 Å². The van der Waals surface area contributed by atoms with Crippen molar-refractivity contribution in [2.24, 2.45) is 0 Å². The molecule has 2 aliphatic rings. The zero-order chi connectivity index (χ0) is 62.3. The molecule has 14 nitrogen and oxygen atoms in total. The number of ether oxygens (including phenoxy) is 4. The molecule has 0 bridgehead atoms. The zero-order valence-electron chi connectivity index (χ0n) is 53.8. The van der Waals surface area contributed by atoms with Crippen LogP contribution in [0.1, 0.15) is 258 Å². The van der Waals surface area contributed by atoms with Gasteiger partial charge in [-0.1, -0.05) is 272 Å². The normalized spacial score (nSPS) is 24.0. The first-order valence-electron chi connectivity index (χ1n) is 34.5. The first kappa shape index (κ1) is 79.0. The molecule has 0 spiro atoms. The molecule has 12 unspecified atom stereocenters. The van der Waals surface area contributed by atoms with E-state index in [0.29, 0.717) is 6.42 Å². The number of hydrogen-bond donors (Lipinski definition) is 9. The zero-order valence-corrected chi connectivity index (χ0v) is 53.8. The predicted octanol–water partition coefficient (Wildman–Crippen LogP) is 13.8. The van der Waals surface area contributed by atoms with Gasteiger partial charge in [0.25, 0.3) is 0 Å². The predicted molar refractivity (Wildman–Crippen MR) is 350 cm³/mol. The summed E-state index contributed by atoms with van der Waals surface area (Å²) in [6, 6.07) is -0.917. The van der Waals surface area contributed by atoms with E-state index in [4.69, 9.17) is 18.9 Å². The van der Waals surface area contributed by atoms with Gasteiger partial charge in [-0.05, 0) is 77.0 Å². The summed E-state index contributed by atoms with van der Waals surface area (Å²) in [5, 5.41) is 87.2. The largest absolute Gasteiger partial charge is 0.394 e. The van der Waals surface area contributed by atoms with Crippen molar-refractivity contribution >= 4 is 5.91 Å². The molecule has 496 valence electrons. The van der Waals surface area contributed by atoms with Crippen LogP contribution in [0.25, 0.3) is 0 Å². The number of carbonyl (C=O) groups excluding carboxylic acids is 1. The van der Waals surface area contributed by atoms with E-state index in [0.717, 1.165) is 83.5 Å². The molecule has 86 heavy (non-hydrogen) atoms. The molecule has 0 radical (unpaired) electrons. The quantitative estimate of drug-likeness (QED) is 0.0204. The highest BCUT2D eigenvalue weighted by molar-refractivity contribution is 5.76. The summed E-state index contributed by atoms with van der Waals surface area (Å²) in [4.78, 5) is 13.3. The van der Waals surface area contributed by atoms with Crippen LogP contribution < -0.4 is 5.32 Å². The molecule has 2 fully saturated rings. The van der Waals surface area contributed by atoms with Gasteiger partial charge in [-0.15, -0.1) is 0 Å². The average Bonchev–Trinajstić information content (AvgIpc) is 2.76. The Morgan fingerprint density at radius 3 is 1.23 bits per heavy atom. The first-order valence-corrected chi connectivity index (χ1v) is 34.5. The molecule has 2 rings (SSSR count). The molecule has 0 saturated carbocycles. The average molecular weight is 1210 g/mol. The molecule has 2 aliphatic heterocycles. The third-order valence-electron chi connectivity index (χ3n) is 16.3. The first-order chi connectivity index (χ1) is 42.1. The minimum atomic E-state index is -1.79. The van der Waals surface area contributed by atoms with Gasteiger partial charge < -0.3 is 65.1 Å². The summed E-state index contributed by atoms with van der Waals surface area (Å²) < 4.78 is 22.8. The summed E-state index contributed by atoms with van der Waals surface area (Å²) in [6.45, 7) is 2.68. The summed E-state index contributed by atoms with van der Waals surface area (Å²) >= 11 is 0. The lowest BCUT2D eigenvalue weighted by atomic mass is 9.97. The van der Waals surface area contributed by atoms with E-state index in [1.54, 1.807) is 6.08 Å². The van der Waals surface area contributed by atoms with Crippen LogP contribution >= 0.6 is 0 Å². The standard InChI is InChI=1S/C72H125NO13/c1-3-5-7-9-11-13-15-17-18-19-20-21-22-23-24-25-26-27-28-29-30-31-32-33-34-35-36-37-38-39-40-41-42-44-46-48-50-52-54-56-64(77)73-60(61(76)55-53-51-49-47-45-43-16-14-12-10-8-6-4-2)59-83-71-69(82)67(80)70(63(58-75)85-71)86-72-68(81)66(79)65(78)62(57-74)84-72/h5,7,11,13,17-18,20-21,23-24,26-27,29-30,53,55,60-63,65-72,74-76,78-82H,3-4,6,8-10,12,14-16,19,22,25,28,31-52,54,56-59H2,1-2H3,(H,73,77)/b7-5-,13-11-,18-17-,21-20-,24-23-,27-26-,30-29-,55-53+. The third kappa shape index (κ3) is 39.8. The van der Waals surface area contributed by atoms with Gasteiger partial charge in [0.2, 0.25) is 5.91 Å². The van der Waals surface area contributed by atoms with Crippen molar-refractivity contribution in [3.63, 3.8) is 0 Å². The molecular weight excluding hydrogens is 1090 g/mol. The lowest BCUT2D eigenvalue weighted by molar-refractivity contribution is -0.359. The van der Waals surface area contributed by atoms with Gasteiger partial charge in [0.15, 0.2) is 12.6 Å². The molecule has 0 aromatic heterocycles. The summed E-state index contributed by atoms with van der Waals surface area (Å²) in [5.74, 6) is -0.241. The fraction of sp³-hybridized carbons (Fsp3) is 0.764. The maximum Gasteiger partial charge on any atom is 0.220 e. The Hall–Kier alpha value is -3.09. The van der Waals surface area contributed by atoms with Gasteiger partial charge in [-0.3, -0.25) is 4.79 Å². The van der Waals surface area contributed by atoms with Gasteiger partial charge in [0, 0.05) is 6.42 Å². The van der Waals surface area contributed by atoms with Crippen molar-refractivity contribution in [1.82, 2.24) is 5.32 Å². The molecule has 1 amide bonds. The molecule has 0 aliphatic carbocycles. The minimum absolute atomic E-state index is 0.241. The number of allylic oxidation sites excluding steroid dienone is 15. The van der Waals surface area contributed by atoms with E-state index in [-0.39, 0.29) is 18.9 Å². The van der Waals surface area contributed by atoms with Crippen molar-refractivity contribution in [3.8, 4) is 0 Å². The number of carbonyl (C=O) groups is 1. The Balaban J connectivity index is 1.58. The molecule has 0 aromatic rings. The molecular formula is C72H125NO13. The van der Waals surface area contributed by atoms with Crippen molar-refractivity contribution in [2.45, 2.75) is 331 Å². The number of amides is 1. The van der Waals surface area contributed by atoms with Crippen LogP contribution in [0.5, 0.6) is 0 Å². The summed E-state index contributed by atoms with van der Waals surface area (Å²) in [6.07, 6.45) is 61.9. The van der Waals surface area contributed by atoms with E-state index in [1.807, 2.05) is 6.08 Å². The highest BCUT2D eigenvalue weighted by Crippen LogP contribution is 2.30. The van der Waals surface area contributed by atoms with Crippen LogP contribution in [-0.4, -0.2) is 140 Å². The van der Waals surface area contributed by atoms with E-state index in [1.165, 1.54) is 148 Å². The highest BCUT2D eigenvalue weighted by atomic mass is 16.7. The van der Waals surface area contributed by atoms with Crippen LogP contribution in [0, 0.1) is 0 Å². The molecule has 2 heterocycles. The minimum Gasteiger partial charge on any atom is -0.394 e. The molecule has 14 heteroatoms. The Labute approximate surface area is 522 Å². The summed E-state index contributed by atoms with van der Waals surface area (Å²) in [5.41, 5.74) is 0. The van der Waals surface area contributed by atoms with Crippen molar-refractivity contribution in [1.29, 1.82) is 0 Å². The van der Waals surface area contributed by atoms with Crippen LogP contribution in [0.4, 0.5) is 0 Å². The number of nitrogens with one attached hydrogen (secondary N) is 1. The highest BCUT2D eigenvalue weighted by Gasteiger charge is 2.51. The number of aliphatic hydroxyl groups is 8. The smallest absolute Gasteiger partial charge is 0.220 e. The number of hydrogen-bond acceptors (Lipinski definition) is 13. The second kappa shape index (κ2) is 55.9. The van der Waals surface area contributed by atoms with Gasteiger partial charge in [0.05, 0.1) is 32.0 Å². The van der Waals surface area contributed by atoms with Crippen LogP contribution in [0.15, 0.2) is 97.2 Å². The number of unbranched alkanes of at least 4 members (excludes halogenated alkanes) is 28. The van der Waals surface area contributed by atoms with Gasteiger partial charge in [0.1, 0.15) is 48.8 Å². The van der Waals surface area contributed by atoms with Crippen LogP contribution in [0.2, 0.25) is 0 Å². The van der Waals surface area contributed by atoms with Crippen LogP contribution in [-0.2, 0) is 23.7 Å². The molecule has 2 saturated heterocycles. The van der Waals surface area contributed by atoms with Crippen molar-refractivity contribution in [3.05, 3.63) is 97.2 Å². The molecule has 9 N–H and O–H groups in total. The Kier molecular flexibility index (Phi) is 51.4. The second-order valence-electron chi connectivity index (χ2n) is 23.9. The molecule has 12 atom stereocenters. The maximum atomic E-state index is 13.3. The topological polar surface area (TPSA) is 228 Å². The van der Waals surface area contributed by atoms with Crippen molar-refractivity contribution in [2.75, 3.05) is 19.8 Å². The Bertz CT molecular complexity index is 1810. The van der Waals surface area contributed by atoms with Crippen molar-refractivity contribution < 1.29 is 64.6 Å². The lowest BCUT2D eigenvalue weighted by Crippen LogP contribution is -2.65. The maximum absolute atomic E-state index is 13.3. The SMILES string of the molecule is CC/C=C\C/C=C\C/C=C\C/C=C\C/C=C\C/C=C\C/C=C\CCCCCCCCCCCCCCCCCCCC(=O)NC(COC1OC(CO)C(OC2OC(CO)C(O)C(O)C2O)C(O)C1O)C(O)/C=C/CCCCCCCCCCCCC. The van der Waals surface area contributed by atoms with E-state index >= 15 is 0 Å². The number of aliphatic hydroxyl groups excluding tert-OH is 8. The van der Waals surface area contributed by atoms with Gasteiger partial charge >= 0.3 is 0 Å². The van der Waals surface area contributed by atoms with Crippen LogP contribution in [0.3, 0.4) is 0 Å². The fourth-order valence-electron chi connectivity index (χ4n) is 10.8. The summed E-state index contributed by atoms with van der Waals surface area (Å²) in [7, 11) is 0. The second-order valence-corrected chi connectivity index (χ2v) is 23.9. The fourth-order valence-corrected chi connectivity index (χ4v) is 10.8. The monoisotopic (exact) mass is 1210 g/mol. The Morgan fingerprint density at radius 1 is 0.430 bits per heavy atom. The molecule has 0 aromatic carbocycles. The number of rotatable bonds is 55. The lowest BCUT2D eigenvalue weighted by Gasteiger charge is -2.46. The van der Waals surface area contributed by atoms with Gasteiger partial charge in [-0.2, -0.15) is 0 Å². The van der Waals surface area contributed by atoms with E-state index in [9.17, 15) is 45.6 Å². The van der Waals surface area contributed by atoms with E-state index in [2.05, 4.69) is 104 Å².